The summed E-state index contributed by atoms with van der Waals surface area (Å²) in [7, 11) is 0. The van der Waals surface area contributed by atoms with E-state index < -0.39 is 11.9 Å². The van der Waals surface area contributed by atoms with Gasteiger partial charge in [-0.25, -0.2) is 9.37 Å². The van der Waals surface area contributed by atoms with E-state index in [1.165, 1.54) is 24.1 Å². The molecule has 0 amide bonds. The van der Waals surface area contributed by atoms with Gasteiger partial charge in [-0.05, 0) is 61.4 Å². The van der Waals surface area contributed by atoms with Crippen molar-refractivity contribution in [2.45, 2.75) is 63.7 Å². The van der Waals surface area contributed by atoms with Crippen molar-refractivity contribution in [3.05, 3.63) is 59.0 Å². The van der Waals surface area contributed by atoms with E-state index in [0.717, 1.165) is 63.0 Å². The number of hydrogen-bond donors (Lipinski definition) is 2. The van der Waals surface area contributed by atoms with Gasteiger partial charge in [-0.15, -0.1) is 0 Å². The lowest BCUT2D eigenvalue weighted by Crippen LogP contribution is -2.13. The molecular formula is C23H29FN2O2. The molecule has 1 aromatic carbocycles. The van der Waals surface area contributed by atoms with E-state index in [1.54, 1.807) is 12.1 Å². The first kappa shape index (κ1) is 20.3. The third-order valence-electron chi connectivity index (χ3n) is 5.43. The van der Waals surface area contributed by atoms with Crippen molar-refractivity contribution in [2.24, 2.45) is 0 Å². The third-order valence-corrected chi connectivity index (χ3v) is 5.43. The van der Waals surface area contributed by atoms with Crippen molar-refractivity contribution in [1.82, 2.24) is 4.98 Å². The van der Waals surface area contributed by atoms with Gasteiger partial charge < -0.3 is 10.4 Å². The summed E-state index contributed by atoms with van der Waals surface area (Å²) in [6.07, 6.45) is 8.96. The number of fused-ring (bicyclic) bond motifs is 1. The van der Waals surface area contributed by atoms with Gasteiger partial charge in [0.05, 0.1) is 5.92 Å². The van der Waals surface area contributed by atoms with Crippen LogP contribution in [-0.2, 0) is 17.6 Å². The summed E-state index contributed by atoms with van der Waals surface area (Å²) >= 11 is 0. The number of pyridine rings is 1. The van der Waals surface area contributed by atoms with Crippen molar-refractivity contribution < 1.29 is 14.3 Å². The summed E-state index contributed by atoms with van der Waals surface area (Å²) in [6.45, 7) is 1.01. The average molecular weight is 384 g/mol. The van der Waals surface area contributed by atoms with Crippen LogP contribution in [-0.4, -0.2) is 22.6 Å². The zero-order chi connectivity index (χ0) is 19.8. The first-order valence-corrected chi connectivity index (χ1v) is 10.3. The van der Waals surface area contributed by atoms with Gasteiger partial charge in [-0.2, -0.15) is 0 Å². The lowest BCUT2D eigenvalue weighted by atomic mass is 9.93. The van der Waals surface area contributed by atoms with Gasteiger partial charge in [0.2, 0.25) is 0 Å². The van der Waals surface area contributed by atoms with E-state index >= 15 is 0 Å². The molecule has 1 atom stereocenters. The van der Waals surface area contributed by atoms with Crippen LogP contribution in [0.3, 0.4) is 0 Å². The summed E-state index contributed by atoms with van der Waals surface area (Å²) in [5.74, 6) is -0.823. The molecule has 5 heteroatoms. The summed E-state index contributed by atoms with van der Waals surface area (Å²) in [4.78, 5) is 16.2. The molecule has 0 saturated carbocycles. The molecular weight excluding hydrogens is 355 g/mol. The summed E-state index contributed by atoms with van der Waals surface area (Å²) < 4.78 is 13.3. The molecule has 150 valence electrons. The van der Waals surface area contributed by atoms with Crippen LogP contribution >= 0.6 is 0 Å². The minimum Gasteiger partial charge on any atom is -0.481 e. The second-order valence-corrected chi connectivity index (χ2v) is 7.59. The van der Waals surface area contributed by atoms with Gasteiger partial charge in [0, 0.05) is 12.2 Å². The second kappa shape index (κ2) is 10.2. The Labute approximate surface area is 166 Å². The monoisotopic (exact) mass is 384 g/mol. The number of halogens is 1. The van der Waals surface area contributed by atoms with Crippen LogP contribution in [0.5, 0.6) is 0 Å². The number of hydrogen-bond acceptors (Lipinski definition) is 3. The van der Waals surface area contributed by atoms with Crippen LogP contribution in [0.4, 0.5) is 10.2 Å². The molecule has 0 aliphatic carbocycles. The molecule has 2 heterocycles. The van der Waals surface area contributed by atoms with Crippen LogP contribution in [0.1, 0.15) is 67.7 Å². The number of nitrogens with zero attached hydrogens (tertiary/aromatic N) is 1. The van der Waals surface area contributed by atoms with E-state index in [1.807, 2.05) is 0 Å². The minimum atomic E-state index is -0.877. The molecule has 0 saturated heterocycles. The zero-order valence-corrected chi connectivity index (χ0v) is 16.3. The van der Waals surface area contributed by atoms with Crippen molar-refractivity contribution in [3.63, 3.8) is 0 Å². The number of rotatable bonds is 10. The predicted molar refractivity (Wildman–Crippen MR) is 109 cm³/mol. The quantitative estimate of drug-likeness (QED) is 0.544. The number of benzene rings is 1. The third kappa shape index (κ3) is 5.78. The molecule has 2 aromatic rings. The van der Waals surface area contributed by atoms with Crippen molar-refractivity contribution in [2.75, 3.05) is 11.9 Å². The number of carbonyl (C=O) groups is 1. The number of unbranched alkanes of at least 4 members (excludes halogenated alkanes) is 4. The van der Waals surface area contributed by atoms with Crippen LogP contribution in [0.15, 0.2) is 36.4 Å². The fourth-order valence-corrected chi connectivity index (χ4v) is 3.85. The fourth-order valence-electron chi connectivity index (χ4n) is 3.85. The van der Waals surface area contributed by atoms with Crippen LogP contribution in [0.25, 0.3) is 0 Å². The highest BCUT2D eigenvalue weighted by Crippen LogP contribution is 2.24. The highest BCUT2D eigenvalue weighted by Gasteiger charge is 2.19. The largest absolute Gasteiger partial charge is 0.481 e. The second-order valence-electron chi connectivity index (χ2n) is 7.59. The van der Waals surface area contributed by atoms with Crippen LogP contribution in [0, 0.1) is 5.82 Å². The molecule has 0 spiro atoms. The van der Waals surface area contributed by atoms with E-state index in [-0.39, 0.29) is 5.82 Å². The molecule has 1 aliphatic rings. The highest BCUT2D eigenvalue weighted by molar-refractivity contribution is 5.76. The number of carboxylic acids is 1. The Hall–Kier alpha value is -2.43. The maximum atomic E-state index is 13.3. The van der Waals surface area contributed by atoms with Gasteiger partial charge in [0.25, 0.3) is 0 Å². The number of anilines is 1. The van der Waals surface area contributed by atoms with Gasteiger partial charge in [-0.3, -0.25) is 4.79 Å². The molecule has 28 heavy (non-hydrogen) atoms. The topological polar surface area (TPSA) is 62.2 Å². The van der Waals surface area contributed by atoms with E-state index in [9.17, 15) is 14.3 Å². The molecule has 1 aromatic heterocycles. The first-order chi connectivity index (χ1) is 13.6. The van der Waals surface area contributed by atoms with Crippen LogP contribution < -0.4 is 5.32 Å². The Morgan fingerprint density at radius 2 is 1.96 bits per heavy atom. The van der Waals surface area contributed by atoms with Gasteiger partial charge in [0.15, 0.2) is 0 Å². The van der Waals surface area contributed by atoms with E-state index in [2.05, 4.69) is 17.4 Å². The molecule has 0 bridgehead atoms. The first-order valence-electron chi connectivity index (χ1n) is 10.3. The Bertz CT molecular complexity index is 794. The summed E-state index contributed by atoms with van der Waals surface area (Å²) in [5, 5.41) is 12.8. The maximum Gasteiger partial charge on any atom is 0.310 e. The van der Waals surface area contributed by atoms with E-state index in [0.29, 0.717) is 12.0 Å². The molecule has 0 radical (unpaired) electrons. The summed E-state index contributed by atoms with van der Waals surface area (Å²) in [5.41, 5.74) is 3.02. The molecule has 0 unspecified atom stereocenters. The normalized spacial score (nSPS) is 14.2. The smallest absolute Gasteiger partial charge is 0.310 e. The lowest BCUT2D eigenvalue weighted by molar-refractivity contribution is -0.139. The van der Waals surface area contributed by atoms with Gasteiger partial charge in [-0.1, -0.05) is 43.9 Å². The Morgan fingerprint density at radius 1 is 1.14 bits per heavy atom. The van der Waals surface area contributed by atoms with Crippen LogP contribution in [0.2, 0.25) is 0 Å². The predicted octanol–water partition coefficient (Wildman–Crippen LogP) is 5.33. The number of nitrogens with one attached hydrogen (secondary N) is 1. The molecule has 3 rings (SSSR count). The van der Waals surface area contributed by atoms with Gasteiger partial charge in [0.1, 0.15) is 11.6 Å². The SMILES string of the molecule is O=C(O)[C@H](CCCCCCCc1ccc2c(n1)NCCC2)c1cccc(F)c1. The molecule has 2 N–H and O–H groups in total. The maximum absolute atomic E-state index is 13.3. The zero-order valence-electron chi connectivity index (χ0n) is 16.3. The molecule has 4 nitrogen and oxygen atoms in total. The minimum absolute atomic E-state index is 0.380. The molecule has 0 fully saturated rings. The number of carboxylic acid groups (broad SMARTS) is 1. The van der Waals surface area contributed by atoms with Gasteiger partial charge >= 0.3 is 5.97 Å². The Morgan fingerprint density at radius 3 is 2.79 bits per heavy atom. The highest BCUT2D eigenvalue weighted by atomic mass is 19.1. The number of aryl methyl sites for hydroxylation is 2. The van der Waals surface area contributed by atoms with E-state index in [4.69, 9.17) is 4.98 Å². The average Bonchev–Trinajstić information content (AvgIpc) is 2.69. The fraction of sp³-hybridized carbons (Fsp3) is 0.478. The number of aromatic nitrogens is 1. The van der Waals surface area contributed by atoms with Crippen molar-refractivity contribution in [1.29, 1.82) is 0 Å². The Kier molecular flexibility index (Phi) is 7.40. The van der Waals surface area contributed by atoms with Crippen molar-refractivity contribution in [3.8, 4) is 0 Å². The lowest BCUT2D eigenvalue weighted by Gasteiger charge is -2.17. The van der Waals surface area contributed by atoms with Crippen molar-refractivity contribution >= 4 is 11.8 Å². The number of aliphatic carboxylic acids is 1. The summed E-state index contributed by atoms with van der Waals surface area (Å²) in [6, 6.07) is 10.3. The standard InChI is InChI=1S/C23H29FN2O2/c24-19-10-6-8-18(16-19)21(23(27)28)12-5-3-1-2-4-11-20-14-13-17-9-7-15-25-22(17)26-20/h6,8,10,13-14,16,21H,1-5,7,9,11-12,15H2,(H,25,26)(H,27,28)/t21-/m1/s1. The molecule has 1 aliphatic heterocycles. The Balaban J connectivity index is 1.35.